The SMILES string of the molecule is CC1(C)CCCN(CCSc2ccccc2)C1C(=O)O. The molecule has 110 valence electrons. The number of piperidine rings is 1. The lowest BCUT2D eigenvalue weighted by atomic mass is 9.76. The molecule has 1 N–H and O–H groups in total. The summed E-state index contributed by atoms with van der Waals surface area (Å²) in [6.45, 7) is 5.88. The van der Waals surface area contributed by atoms with Gasteiger partial charge in [-0.25, -0.2) is 0 Å². The Morgan fingerprint density at radius 1 is 1.40 bits per heavy atom. The van der Waals surface area contributed by atoms with Crippen LogP contribution in [-0.4, -0.2) is 40.9 Å². The maximum absolute atomic E-state index is 11.6. The van der Waals surface area contributed by atoms with Crippen LogP contribution in [0.4, 0.5) is 0 Å². The van der Waals surface area contributed by atoms with Crippen molar-refractivity contribution in [1.82, 2.24) is 4.90 Å². The van der Waals surface area contributed by atoms with E-state index in [0.717, 1.165) is 31.7 Å². The summed E-state index contributed by atoms with van der Waals surface area (Å²) in [5.74, 6) is 0.253. The van der Waals surface area contributed by atoms with E-state index in [1.165, 1.54) is 4.90 Å². The summed E-state index contributed by atoms with van der Waals surface area (Å²) in [4.78, 5) is 15.0. The van der Waals surface area contributed by atoms with Crippen LogP contribution in [0.1, 0.15) is 26.7 Å². The van der Waals surface area contributed by atoms with Gasteiger partial charge in [0.25, 0.3) is 0 Å². The first-order valence-corrected chi connectivity index (χ1v) is 8.14. The molecule has 0 amide bonds. The number of nitrogens with zero attached hydrogens (tertiary/aromatic N) is 1. The van der Waals surface area contributed by atoms with Gasteiger partial charge in [0.15, 0.2) is 0 Å². The van der Waals surface area contributed by atoms with Crippen molar-refractivity contribution in [1.29, 1.82) is 0 Å². The van der Waals surface area contributed by atoms with Crippen LogP contribution in [-0.2, 0) is 4.79 Å². The van der Waals surface area contributed by atoms with Gasteiger partial charge in [-0.2, -0.15) is 0 Å². The molecule has 0 aliphatic carbocycles. The summed E-state index contributed by atoms with van der Waals surface area (Å²) >= 11 is 1.79. The predicted molar refractivity (Wildman–Crippen MR) is 83.2 cm³/mol. The minimum atomic E-state index is -0.681. The Balaban J connectivity index is 1.92. The fraction of sp³-hybridized carbons (Fsp3) is 0.562. The molecule has 1 heterocycles. The molecule has 0 bridgehead atoms. The van der Waals surface area contributed by atoms with Crippen LogP contribution in [0.2, 0.25) is 0 Å². The number of hydrogen-bond donors (Lipinski definition) is 1. The highest BCUT2D eigenvalue weighted by Gasteiger charge is 2.41. The Morgan fingerprint density at radius 2 is 2.10 bits per heavy atom. The van der Waals surface area contributed by atoms with E-state index in [4.69, 9.17) is 0 Å². The molecule has 1 aromatic carbocycles. The zero-order chi connectivity index (χ0) is 14.6. The van der Waals surface area contributed by atoms with E-state index in [0.29, 0.717) is 0 Å². The topological polar surface area (TPSA) is 40.5 Å². The third-order valence-corrected chi connectivity index (χ3v) is 4.99. The van der Waals surface area contributed by atoms with E-state index in [1.54, 1.807) is 11.8 Å². The maximum atomic E-state index is 11.6. The maximum Gasteiger partial charge on any atom is 0.321 e. The summed E-state index contributed by atoms with van der Waals surface area (Å²) in [7, 11) is 0. The molecule has 1 aromatic rings. The zero-order valence-electron chi connectivity index (χ0n) is 12.2. The van der Waals surface area contributed by atoms with Gasteiger partial charge in [-0.05, 0) is 36.9 Å². The summed E-state index contributed by atoms with van der Waals surface area (Å²) in [6, 6.07) is 9.92. The Bertz CT molecular complexity index is 447. The Morgan fingerprint density at radius 3 is 2.75 bits per heavy atom. The van der Waals surface area contributed by atoms with Crippen LogP contribution in [0.15, 0.2) is 35.2 Å². The number of carboxylic acids is 1. The minimum absolute atomic E-state index is 0.137. The second-order valence-electron chi connectivity index (χ2n) is 6.03. The van der Waals surface area contributed by atoms with Crippen LogP contribution >= 0.6 is 11.8 Å². The third kappa shape index (κ3) is 3.76. The first-order valence-electron chi connectivity index (χ1n) is 7.15. The van der Waals surface area contributed by atoms with Gasteiger partial charge < -0.3 is 5.11 Å². The number of likely N-dealkylation sites (tertiary alicyclic amines) is 1. The van der Waals surface area contributed by atoms with E-state index in [9.17, 15) is 9.90 Å². The van der Waals surface area contributed by atoms with Crippen molar-refractivity contribution in [3.05, 3.63) is 30.3 Å². The van der Waals surface area contributed by atoms with Crippen molar-refractivity contribution >= 4 is 17.7 Å². The fourth-order valence-corrected chi connectivity index (χ4v) is 3.94. The third-order valence-electron chi connectivity index (χ3n) is 4.00. The number of aliphatic carboxylic acids is 1. The molecule has 1 aliphatic rings. The average molecular weight is 293 g/mol. The molecule has 0 radical (unpaired) electrons. The van der Waals surface area contributed by atoms with Crippen LogP contribution in [0.3, 0.4) is 0 Å². The van der Waals surface area contributed by atoms with Gasteiger partial charge in [-0.15, -0.1) is 11.8 Å². The van der Waals surface area contributed by atoms with Gasteiger partial charge in [-0.1, -0.05) is 32.0 Å². The van der Waals surface area contributed by atoms with E-state index in [2.05, 4.69) is 30.9 Å². The number of carboxylic acid groups (broad SMARTS) is 1. The van der Waals surface area contributed by atoms with E-state index in [-0.39, 0.29) is 11.5 Å². The molecule has 3 nitrogen and oxygen atoms in total. The van der Waals surface area contributed by atoms with Crippen molar-refractivity contribution < 1.29 is 9.90 Å². The molecular weight excluding hydrogens is 270 g/mol. The second-order valence-corrected chi connectivity index (χ2v) is 7.20. The largest absolute Gasteiger partial charge is 0.480 e. The number of carbonyl (C=O) groups is 1. The average Bonchev–Trinajstić information content (AvgIpc) is 2.38. The Kier molecular flexibility index (Phi) is 5.11. The summed E-state index contributed by atoms with van der Waals surface area (Å²) in [5, 5.41) is 9.51. The first kappa shape index (κ1) is 15.4. The van der Waals surface area contributed by atoms with Crippen molar-refractivity contribution in [3.8, 4) is 0 Å². The van der Waals surface area contributed by atoms with Crippen LogP contribution in [0.5, 0.6) is 0 Å². The van der Waals surface area contributed by atoms with Gasteiger partial charge >= 0.3 is 5.97 Å². The molecule has 0 aromatic heterocycles. The van der Waals surface area contributed by atoms with E-state index in [1.807, 2.05) is 18.2 Å². The lowest BCUT2D eigenvalue weighted by Crippen LogP contribution is -2.54. The molecule has 0 spiro atoms. The van der Waals surface area contributed by atoms with Gasteiger partial charge in [-0.3, -0.25) is 9.69 Å². The molecule has 20 heavy (non-hydrogen) atoms. The van der Waals surface area contributed by atoms with Gasteiger partial charge in [0, 0.05) is 17.2 Å². The molecule has 1 saturated heterocycles. The minimum Gasteiger partial charge on any atom is -0.480 e. The van der Waals surface area contributed by atoms with Crippen LogP contribution < -0.4 is 0 Å². The van der Waals surface area contributed by atoms with E-state index < -0.39 is 5.97 Å². The molecule has 0 saturated carbocycles. The molecule has 4 heteroatoms. The molecule has 1 aliphatic heterocycles. The molecule has 2 rings (SSSR count). The quantitative estimate of drug-likeness (QED) is 0.845. The second kappa shape index (κ2) is 6.64. The van der Waals surface area contributed by atoms with Crippen molar-refractivity contribution in [2.75, 3.05) is 18.8 Å². The van der Waals surface area contributed by atoms with Gasteiger partial charge in [0.05, 0.1) is 0 Å². The van der Waals surface area contributed by atoms with Gasteiger partial charge in [0.2, 0.25) is 0 Å². The van der Waals surface area contributed by atoms with Crippen LogP contribution in [0.25, 0.3) is 0 Å². The number of rotatable bonds is 5. The van der Waals surface area contributed by atoms with Gasteiger partial charge in [0.1, 0.15) is 6.04 Å². The van der Waals surface area contributed by atoms with Crippen molar-refractivity contribution in [3.63, 3.8) is 0 Å². The molecular formula is C16H23NO2S. The number of benzene rings is 1. The smallest absolute Gasteiger partial charge is 0.321 e. The number of thioether (sulfide) groups is 1. The molecule has 1 fully saturated rings. The molecule has 1 atom stereocenters. The summed E-state index contributed by atoms with van der Waals surface area (Å²) in [5.41, 5.74) is -0.137. The lowest BCUT2D eigenvalue weighted by molar-refractivity contribution is -0.150. The normalized spacial score (nSPS) is 22.6. The first-order chi connectivity index (χ1) is 9.50. The summed E-state index contributed by atoms with van der Waals surface area (Å²) in [6.07, 6.45) is 2.08. The van der Waals surface area contributed by atoms with Crippen molar-refractivity contribution in [2.45, 2.75) is 37.6 Å². The highest BCUT2D eigenvalue weighted by Crippen LogP contribution is 2.35. The molecule has 1 unspecified atom stereocenters. The Labute approximate surface area is 125 Å². The monoisotopic (exact) mass is 293 g/mol. The highest BCUT2D eigenvalue weighted by atomic mass is 32.2. The lowest BCUT2D eigenvalue weighted by Gasteiger charge is -2.44. The fourth-order valence-electron chi connectivity index (χ4n) is 3.03. The van der Waals surface area contributed by atoms with Crippen LogP contribution in [0, 0.1) is 5.41 Å². The Hall–Kier alpha value is -1.00. The predicted octanol–water partition coefficient (Wildman–Crippen LogP) is 3.35. The highest BCUT2D eigenvalue weighted by molar-refractivity contribution is 7.99. The van der Waals surface area contributed by atoms with E-state index >= 15 is 0 Å². The summed E-state index contributed by atoms with van der Waals surface area (Å²) < 4.78 is 0. The number of hydrogen-bond acceptors (Lipinski definition) is 3. The van der Waals surface area contributed by atoms with Crippen molar-refractivity contribution in [2.24, 2.45) is 5.41 Å². The standard InChI is InChI=1S/C16H23NO2S/c1-16(2)9-6-10-17(14(16)15(18)19)11-12-20-13-7-4-3-5-8-13/h3-5,7-8,14H,6,9-12H2,1-2H3,(H,18,19). The zero-order valence-corrected chi connectivity index (χ0v) is 13.0.